The van der Waals surface area contributed by atoms with Gasteiger partial charge < -0.3 is 10.4 Å². The molecule has 3 rings (SSSR count). The predicted molar refractivity (Wildman–Crippen MR) is 57.7 cm³/mol. The summed E-state index contributed by atoms with van der Waals surface area (Å²) < 4.78 is -0.363. The highest BCUT2D eigenvalue weighted by Crippen LogP contribution is 2.58. The first-order valence-corrected chi connectivity index (χ1v) is 6.17. The van der Waals surface area contributed by atoms with Crippen LogP contribution < -0.4 is 5.32 Å². The molecule has 0 saturated heterocycles. The maximum absolute atomic E-state index is 11.6. The molecule has 0 radical (unpaired) electrons. The first kappa shape index (κ1) is 9.23. The quantitative estimate of drug-likeness (QED) is 0.789. The van der Waals surface area contributed by atoms with Crippen molar-refractivity contribution in [2.45, 2.75) is 22.5 Å². The fourth-order valence-corrected chi connectivity index (χ4v) is 3.92. The minimum absolute atomic E-state index is 0.0229. The standard InChI is InChI=1S/C9H7NO3S2/c11-7(12)6-5-4(3-14-6)10-8(13)9(15-5)1-2-9/h3H,1-2H2,(H,10,13)(H,11,12). The molecule has 1 saturated carbocycles. The highest BCUT2D eigenvalue weighted by atomic mass is 32.2. The third-order valence-electron chi connectivity index (χ3n) is 2.60. The van der Waals surface area contributed by atoms with Gasteiger partial charge in [-0.3, -0.25) is 4.79 Å². The summed E-state index contributed by atoms with van der Waals surface area (Å²) >= 11 is 2.58. The van der Waals surface area contributed by atoms with E-state index in [1.165, 1.54) is 23.1 Å². The van der Waals surface area contributed by atoms with Crippen molar-refractivity contribution in [1.82, 2.24) is 0 Å². The van der Waals surface area contributed by atoms with E-state index in [4.69, 9.17) is 5.11 Å². The number of carbonyl (C=O) groups is 2. The Labute approximate surface area is 93.7 Å². The Balaban J connectivity index is 2.08. The van der Waals surface area contributed by atoms with Crippen molar-refractivity contribution < 1.29 is 14.7 Å². The fourth-order valence-electron chi connectivity index (χ4n) is 1.60. The molecule has 1 aliphatic carbocycles. The number of carbonyl (C=O) groups excluding carboxylic acids is 1. The Hall–Kier alpha value is -1.01. The lowest BCUT2D eigenvalue weighted by Crippen LogP contribution is -2.30. The van der Waals surface area contributed by atoms with Gasteiger partial charge in [-0.05, 0) is 12.8 Å². The summed E-state index contributed by atoms with van der Waals surface area (Å²) in [6, 6.07) is 0. The first-order valence-electron chi connectivity index (χ1n) is 4.48. The number of anilines is 1. The van der Waals surface area contributed by atoms with E-state index in [0.717, 1.165) is 17.7 Å². The normalized spacial score (nSPS) is 20.9. The molecule has 1 fully saturated rings. The summed E-state index contributed by atoms with van der Waals surface area (Å²) in [5.74, 6) is -0.893. The van der Waals surface area contributed by atoms with Gasteiger partial charge in [0.15, 0.2) is 0 Å². The Morgan fingerprint density at radius 1 is 1.53 bits per heavy atom. The van der Waals surface area contributed by atoms with E-state index >= 15 is 0 Å². The van der Waals surface area contributed by atoms with Gasteiger partial charge in [0, 0.05) is 5.38 Å². The average Bonchev–Trinajstić information content (AvgIpc) is 2.82. The molecule has 4 nitrogen and oxygen atoms in total. The molecule has 2 aliphatic rings. The molecule has 15 heavy (non-hydrogen) atoms. The number of thiophene rings is 1. The lowest BCUT2D eigenvalue weighted by molar-refractivity contribution is -0.116. The number of nitrogens with one attached hydrogen (secondary N) is 1. The van der Waals surface area contributed by atoms with Crippen molar-refractivity contribution in [2.24, 2.45) is 0 Å². The number of carboxylic acids is 1. The monoisotopic (exact) mass is 241 g/mol. The number of fused-ring (bicyclic) bond motifs is 1. The molecule has 0 bridgehead atoms. The van der Waals surface area contributed by atoms with Gasteiger partial charge >= 0.3 is 5.97 Å². The van der Waals surface area contributed by atoms with Gasteiger partial charge in [-0.2, -0.15) is 0 Å². The fraction of sp³-hybridized carbons (Fsp3) is 0.333. The second kappa shape index (κ2) is 2.76. The van der Waals surface area contributed by atoms with Crippen LogP contribution in [0.5, 0.6) is 0 Å². The molecule has 1 amide bonds. The summed E-state index contributed by atoms with van der Waals surface area (Å²) in [6.45, 7) is 0. The molecular formula is C9H7NO3S2. The van der Waals surface area contributed by atoms with Gasteiger partial charge in [0.2, 0.25) is 5.91 Å². The predicted octanol–water partition coefficient (Wildman–Crippen LogP) is 2.02. The smallest absolute Gasteiger partial charge is 0.347 e. The van der Waals surface area contributed by atoms with Gasteiger partial charge in [-0.1, -0.05) is 0 Å². The largest absolute Gasteiger partial charge is 0.477 e. The van der Waals surface area contributed by atoms with Crippen molar-refractivity contribution in [3.63, 3.8) is 0 Å². The maximum Gasteiger partial charge on any atom is 0.347 e. The number of hydrogen-bond donors (Lipinski definition) is 2. The van der Waals surface area contributed by atoms with Crippen LogP contribution >= 0.6 is 23.1 Å². The van der Waals surface area contributed by atoms with Crippen LogP contribution in [0.3, 0.4) is 0 Å². The van der Waals surface area contributed by atoms with Gasteiger partial charge in [-0.25, -0.2) is 4.79 Å². The van der Waals surface area contributed by atoms with Crippen LogP contribution in [-0.4, -0.2) is 21.7 Å². The number of aromatic carboxylic acids is 1. The minimum atomic E-state index is -0.916. The van der Waals surface area contributed by atoms with Crippen molar-refractivity contribution in [3.05, 3.63) is 10.3 Å². The third-order valence-corrected chi connectivity index (χ3v) is 5.31. The molecule has 0 atom stereocenters. The van der Waals surface area contributed by atoms with E-state index in [1.54, 1.807) is 5.38 Å². The molecule has 1 spiro atoms. The molecule has 2 heterocycles. The van der Waals surface area contributed by atoms with E-state index in [9.17, 15) is 9.59 Å². The van der Waals surface area contributed by atoms with Crippen LogP contribution in [0.25, 0.3) is 0 Å². The summed E-state index contributed by atoms with van der Waals surface area (Å²) in [5, 5.41) is 13.4. The molecule has 78 valence electrons. The second-order valence-electron chi connectivity index (χ2n) is 3.66. The second-order valence-corrected chi connectivity index (χ2v) is 5.94. The van der Waals surface area contributed by atoms with Gasteiger partial charge in [-0.15, -0.1) is 23.1 Å². The number of amides is 1. The topological polar surface area (TPSA) is 66.4 Å². The first-order chi connectivity index (χ1) is 7.12. The number of thioether (sulfide) groups is 1. The van der Waals surface area contributed by atoms with Crippen LogP contribution in [0.15, 0.2) is 10.3 Å². The van der Waals surface area contributed by atoms with E-state index in [0.29, 0.717) is 10.6 Å². The number of hydrogen-bond acceptors (Lipinski definition) is 4. The molecule has 2 N–H and O–H groups in total. The summed E-state index contributed by atoms with van der Waals surface area (Å²) in [5.41, 5.74) is 0.657. The van der Waals surface area contributed by atoms with Crippen LogP contribution in [0.2, 0.25) is 0 Å². The number of rotatable bonds is 1. The van der Waals surface area contributed by atoms with Crippen LogP contribution in [-0.2, 0) is 4.79 Å². The maximum atomic E-state index is 11.6. The van der Waals surface area contributed by atoms with E-state index < -0.39 is 5.97 Å². The highest BCUT2D eigenvalue weighted by molar-refractivity contribution is 8.02. The number of carboxylic acid groups (broad SMARTS) is 1. The summed E-state index contributed by atoms with van der Waals surface area (Å²) in [7, 11) is 0. The lowest BCUT2D eigenvalue weighted by atomic mass is 10.3. The Kier molecular flexibility index (Phi) is 1.70. The van der Waals surface area contributed by atoms with E-state index in [-0.39, 0.29) is 10.7 Å². The summed E-state index contributed by atoms with van der Waals surface area (Å²) in [4.78, 5) is 23.6. The zero-order valence-electron chi connectivity index (χ0n) is 7.57. The van der Waals surface area contributed by atoms with Crippen LogP contribution in [0, 0.1) is 0 Å². The molecular weight excluding hydrogens is 234 g/mol. The summed E-state index contributed by atoms with van der Waals surface area (Å²) in [6.07, 6.45) is 1.69. The lowest BCUT2D eigenvalue weighted by Gasteiger charge is -2.21. The third kappa shape index (κ3) is 1.21. The SMILES string of the molecule is O=C(O)c1scc2c1SC1(CC1)C(=O)N2. The zero-order chi connectivity index (χ0) is 10.6. The van der Waals surface area contributed by atoms with Gasteiger partial charge in [0.1, 0.15) is 4.88 Å². The molecule has 0 unspecified atom stereocenters. The van der Waals surface area contributed by atoms with Gasteiger partial charge in [0.05, 0.1) is 15.3 Å². The zero-order valence-corrected chi connectivity index (χ0v) is 9.20. The molecule has 1 aliphatic heterocycles. The van der Waals surface area contributed by atoms with E-state index in [1.807, 2.05) is 0 Å². The Morgan fingerprint density at radius 2 is 2.27 bits per heavy atom. The van der Waals surface area contributed by atoms with Crippen molar-refractivity contribution in [3.8, 4) is 0 Å². The van der Waals surface area contributed by atoms with Crippen LogP contribution in [0.1, 0.15) is 22.5 Å². The molecule has 6 heteroatoms. The minimum Gasteiger partial charge on any atom is -0.477 e. The molecule has 1 aromatic rings. The van der Waals surface area contributed by atoms with E-state index in [2.05, 4.69) is 5.32 Å². The molecule has 1 aromatic heterocycles. The Morgan fingerprint density at radius 3 is 2.87 bits per heavy atom. The highest BCUT2D eigenvalue weighted by Gasteiger charge is 2.54. The van der Waals surface area contributed by atoms with Crippen molar-refractivity contribution >= 4 is 40.7 Å². The van der Waals surface area contributed by atoms with Gasteiger partial charge in [0.25, 0.3) is 0 Å². The van der Waals surface area contributed by atoms with Crippen molar-refractivity contribution in [2.75, 3.05) is 5.32 Å². The Bertz CT molecular complexity index is 476. The van der Waals surface area contributed by atoms with Crippen LogP contribution in [0.4, 0.5) is 5.69 Å². The van der Waals surface area contributed by atoms with Crippen molar-refractivity contribution in [1.29, 1.82) is 0 Å². The molecule has 0 aromatic carbocycles. The average molecular weight is 241 g/mol.